The van der Waals surface area contributed by atoms with E-state index in [1.54, 1.807) is 24.2 Å². The van der Waals surface area contributed by atoms with E-state index in [1.807, 2.05) is 13.0 Å². The predicted octanol–water partition coefficient (Wildman–Crippen LogP) is 1.82. The van der Waals surface area contributed by atoms with Crippen LogP contribution in [-0.4, -0.2) is 31.8 Å². The molecular formula is C13H13ClN6O. The highest BCUT2D eigenvalue weighted by Gasteiger charge is 2.13. The number of nitrogens with zero attached hydrogens (tertiary/aromatic N) is 5. The highest BCUT2D eigenvalue weighted by molar-refractivity contribution is 6.34. The van der Waals surface area contributed by atoms with Gasteiger partial charge in [0.05, 0.1) is 30.9 Å². The van der Waals surface area contributed by atoms with Crippen molar-refractivity contribution in [3.05, 3.63) is 34.9 Å². The predicted molar refractivity (Wildman–Crippen MR) is 79.4 cm³/mol. The highest BCUT2D eigenvalue weighted by atomic mass is 35.5. The van der Waals surface area contributed by atoms with Crippen molar-refractivity contribution >= 4 is 28.6 Å². The van der Waals surface area contributed by atoms with Crippen LogP contribution >= 0.6 is 11.6 Å². The Kier molecular flexibility index (Phi) is 3.34. The Bertz CT molecular complexity index is 816. The fourth-order valence-electron chi connectivity index (χ4n) is 2.13. The molecule has 3 heterocycles. The molecule has 0 atom stereocenters. The fraction of sp³-hybridized carbons (Fsp3) is 0.231. The molecule has 0 saturated heterocycles. The third-order valence-electron chi connectivity index (χ3n) is 3.25. The van der Waals surface area contributed by atoms with Gasteiger partial charge >= 0.3 is 0 Å². The van der Waals surface area contributed by atoms with Crippen LogP contribution in [0.2, 0.25) is 5.15 Å². The smallest absolute Gasteiger partial charge is 0.223 e. The van der Waals surface area contributed by atoms with Crippen LogP contribution in [0.1, 0.15) is 11.3 Å². The fourth-order valence-corrected chi connectivity index (χ4v) is 2.35. The van der Waals surface area contributed by atoms with Crippen LogP contribution in [0.25, 0.3) is 11.0 Å². The molecule has 108 valence electrons. The van der Waals surface area contributed by atoms with Crippen molar-refractivity contribution < 1.29 is 4.74 Å². The molecule has 7 nitrogen and oxygen atoms in total. The first-order valence-electron chi connectivity index (χ1n) is 6.23. The van der Waals surface area contributed by atoms with E-state index < -0.39 is 0 Å². The molecular weight excluding hydrogens is 292 g/mol. The Balaban J connectivity index is 2.07. The lowest BCUT2D eigenvalue weighted by atomic mass is 10.2. The van der Waals surface area contributed by atoms with Crippen molar-refractivity contribution in [1.82, 2.24) is 24.7 Å². The monoisotopic (exact) mass is 304 g/mol. The van der Waals surface area contributed by atoms with Gasteiger partial charge in [-0.05, 0) is 13.0 Å². The molecule has 0 aromatic carbocycles. The standard InChI is InChI=1S/C13H13ClN6O/c1-7-9(16-4-3-10(7)21-2)6-20-12-8(5-17-20)11(14)18-13(15)19-12/h3-5H,6H2,1-2H3,(H2,15,18,19). The maximum atomic E-state index is 6.04. The van der Waals surface area contributed by atoms with Crippen molar-refractivity contribution in [3.63, 3.8) is 0 Å². The molecule has 0 amide bonds. The van der Waals surface area contributed by atoms with Crippen molar-refractivity contribution in [2.24, 2.45) is 0 Å². The normalized spacial score (nSPS) is 11.0. The second-order valence-corrected chi connectivity index (χ2v) is 4.86. The van der Waals surface area contributed by atoms with Crippen LogP contribution in [0.3, 0.4) is 0 Å². The number of rotatable bonds is 3. The van der Waals surface area contributed by atoms with Crippen molar-refractivity contribution in [3.8, 4) is 5.75 Å². The lowest BCUT2D eigenvalue weighted by Gasteiger charge is -2.09. The van der Waals surface area contributed by atoms with Gasteiger partial charge in [-0.25, -0.2) is 9.67 Å². The topological polar surface area (TPSA) is 91.7 Å². The van der Waals surface area contributed by atoms with Crippen LogP contribution in [0.15, 0.2) is 18.5 Å². The maximum absolute atomic E-state index is 6.04. The van der Waals surface area contributed by atoms with Gasteiger partial charge in [0, 0.05) is 11.8 Å². The third kappa shape index (κ3) is 2.36. The molecule has 0 aliphatic heterocycles. The number of nitrogen functional groups attached to an aromatic ring is 1. The molecule has 2 N–H and O–H groups in total. The molecule has 3 aromatic heterocycles. The molecule has 3 rings (SSSR count). The largest absolute Gasteiger partial charge is 0.496 e. The first-order valence-corrected chi connectivity index (χ1v) is 6.61. The van der Waals surface area contributed by atoms with Crippen LogP contribution < -0.4 is 10.5 Å². The SMILES string of the molecule is COc1ccnc(Cn2ncc3c(Cl)nc(N)nc32)c1C. The number of fused-ring (bicyclic) bond motifs is 1. The minimum Gasteiger partial charge on any atom is -0.496 e. The molecule has 0 radical (unpaired) electrons. The van der Waals surface area contributed by atoms with E-state index >= 15 is 0 Å². The number of ether oxygens (including phenoxy) is 1. The van der Waals surface area contributed by atoms with Gasteiger partial charge in [-0.1, -0.05) is 11.6 Å². The van der Waals surface area contributed by atoms with Crippen molar-refractivity contribution in [1.29, 1.82) is 0 Å². The van der Waals surface area contributed by atoms with E-state index in [4.69, 9.17) is 22.1 Å². The number of methoxy groups -OCH3 is 1. The Morgan fingerprint density at radius 2 is 2.19 bits per heavy atom. The molecule has 0 aliphatic rings. The zero-order chi connectivity index (χ0) is 15.0. The lowest BCUT2D eigenvalue weighted by Crippen LogP contribution is -2.08. The minimum atomic E-state index is 0.115. The number of hydrogen-bond acceptors (Lipinski definition) is 6. The van der Waals surface area contributed by atoms with Gasteiger partial charge in [-0.15, -0.1) is 0 Å². The van der Waals surface area contributed by atoms with Gasteiger partial charge in [-0.2, -0.15) is 10.1 Å². The summed E-state index contributed by atoms with van der Waals surface area (Å²) < 4.78 is 6.98. The number of pyridine rings is 1. The van der Waals surface area contributed by atoms with E-state index in [0.717, 1.165) is 17.0 Å². The summed E-state index contributed by atoms with van der Waals surface area (Å²) in [4.78, 5) is 12.5. The summed E-state index contributed by atoms with van der Waals surface area (Å²) >= 11 is 6.04. The van der Waals surface area contributed by atoms with Gasteiger partial charge in [0.15, 0.2) is 5.65 Å². The Labute approximate surface area is 125 Å². The van der Waals surface area contributed by atoms with E-state index in [9.17, 15) is 0 Å². The molecule has 0 spiro atoms. The molecule has 21 heavy (non-hydrogen) atoms. The second kappa shape index (κ2) is 5.17. The quantitative estimate of drug-likeness (QED) is 0.742. The van der Waals surface area contributed by atoms with Gasteiger partial charge in [0.25, 0.3) is 0 Å². The number of halogens is 1. The van der Waals surface area contributed by atoms with Crippen molar-refractivity contribution in [2.45, 2.75) is 13.5 Å². The second-order valence-electron chi connectivity index (χ2n) is 4.50. The molecule has 8 heteroatoms. The van der Waals surface area contributed by atoms with E-state index in [-0.39, 0.29) is 5.95 Å². The zero-order valence-electron chi connectivity index (χ0n) is 11.5. The van der Waals surface area contributed by atoms with E-state index in [0.29, 0.717) is 22.7 Å². The molecule has 0 bridgehead atoms. The van der Waals surface area contributed by atoms with Gasteiger partial charge in [0.2, 0.25) is 5.95 Å². The third-order valence-corrected chi connectivity index (χ3v) is 3.53. The number of hydrogen-bond donors (Lipinski definition) is 1. The van der Waals surface area contributed by atoms with Crippen LogP contribution in [0, 0.1) is 6.92 Å². The molecule has 0 fully saturated rings. The minimum absolute atomic E-state index is 0.115. The van der Waals surface area contributed by atoms with Gasteiger partial charge < -0.3 is 10.5 Å². The average molecular weight is 305 g/mol. The molecule has 0 aliphatic carbocycles. The number of anilines is 1. The summed E-state index contributed by atoms with van der Waals surface area (Å²) in [6.45, 7) is 2.39. The zero-order valence-corrected chi connectivity index (χ0v) is 12.3. The highest BCUT2D eigenvalue weighted by Crippen LogP contribution is 2.23. The summed E-state index contributed by atoms with van der Waals surface area (Å²) in [5.41, 5.74) is 8.01. The summed E-state index contributed by atoms with van der Waals surface area (Å²) in [6, 6.07) is 1.82. The Morgan fingerprint density at radius 3 is 2.95 bits per heavy atom. The molecule has 0 saturated carbocycles. The molecule has 0 unspecified atom stereocenters. The summed E-state index contributed by atoms with van der Waals surface area (Å²) in [5.74, 6) is 0.896. The Hall–Kier alpha value is -2.41. The van der Waals surface area contributed by atoms with Crippen molar-refractivity contribution in [2.75, 3.05) is 12.8 Å². The van der Waals surface area contributed by atoms with Crippen LogP contribution in [-0.2, 0) is 6.54 Å². The summed E-state index contributed by atoms with van der Waals surface area (Å²) in [5, 5.41) is 5.23. The number of aromatic nitrogens is 5. The van der Waals surface area contributed by atoms with Gasteiger partial charge in [0.1, 0.15) is 10.9 Å². The average Bonchev–Trinajstić information content (AvgIpc) is 2.84. The first-order chi connectivity index (χ1) is 10.1. The first kappa shape index (κ1) is 13.6. The van der Waals surface area contributed by atoms with E-state index in [2.05, 4.69) is 20.1 Å². The summed E-state index contributed by atoms with van der Waals surface area (Å²) in [6.07, 6.45) is 3.32. The number of nitrogens with two attached hydrogens (primary N) is 1. The molecule has 3 aromatic rings. The summed E-state index contributed by atoms with van der Waals surface area (Å²) in [7, 11) is 1.63. The lowest BCUT2D eigenvalue weighted by molar-refractivity contribution is 0.409. The van der Waals surface area contributed by atoms with Gasteiger partial charge in [-0.3, -0.25) is 4.98 Å². The maximum Gasteiger partial charge on any atom is 0.223 e. The van der Waals surface area contributed by atoms with Crippen LogP contribution in [0.5, 0.6) is 5.75 Å². The van der Waals surface area contributed by atoms with Crippen LogP contribution in [0.4, 0.5) is 5.95 Å². The Morgan fingerprint density at radius 1 is 1.38 bits per heavy atom. The van der Waals surface area contributed by atoms with E-state index in [1.165, 1.54) is 0 Å².